The van der Waals surface area contributed by atoms with Crippen LogP contribution in [0.2, 0.25) is 5.02 Å². The molecule has 0 heterocycles. The molecule has 3 rings (SSSR count). The molecule has 0 spiro atoms. The number of carbonyl (C=O) groups is 5. The van der Waals surface area contributed by atoms with Crippen molar-refractivity contribution < 1.29 is 33.4 Å². The highest BCUT2D eigenvalue weighted by atomic mass is 35.5. The number of esters is 2. The van der Waals surface area contributed by atoms with Crippen molar-refractivity contribution in [3.8, 4) is 0 Å². The number of carbonyl (C=O) groups excluding carboxylic acids is 5. The van der Waals surface area contributed by atoms with Crippen molar-refractivity contribution >= 4 is 46.7 Å². The molecule has 0 bridgehead atoms. The summed E-state index contributed by atoms with van der Waals surface area (Å²) in [5, 5.41) is 3.09. The maximum Gasteiger partial charge on any atom is 0.338 e. The summed E-state index contributed by atoms with van der Waals surface area (Å²) in [5.74, 6) is -2.25. The molecule has 0 aromatic heterocycles. The molecule has 0 radical (unpaired) electrons. The van der Waals surface area contributed by atoms with Gasteiger partial charge in [-0.3, -0.25) is 19.2 Å². The van der Waals surface area contributed by atoms with Crippen LogP contribution < -0.4 is 5.32 Å². The zero-order valence-electron chi connectivity index (χ0n) is 21.5. The first-order valence-corrected chi connectivity index (χ1v) is 12.7. The number of benzene rings is 3. The van der Waals surface area contributed by atoms with E-state index in [1.54, 1.807) is 48.5 Å². The van der Waals surface area contributed by atoms with Crippen LogP contribution in [0.15, 0.2) is 78.9 Å². The van der Waals surface area contributed by atoms with Crippen molar-refractivity contribution in [3.05, 3.63) is 101 Å². The van der Waals surface area contributed by atoms with Crippen LogP contribution in [0.4, 0.5) is 5.69 Å². The SMILES string of the molecule is C[C@H](OC(=O)c1ccc(NC(=O)CCCC(=O)O[C@H](C)C(=O)c2cccc(Cl)c2)cc1)C(=O)c1ccccc1. The molecular formula is C30H28ClNO7. The van der Waals surface area contributed by atoms with Crippen LogP contribution in [0.3, 0.4) is 0 Å². The Balaban J connectivity index is 1.40. The van der Waals surface area contributed by atoms with E-state index in [2.05, 4.69) is 5.32 Å². The molecule has 2 atom stereocenters. The Morgan fingerprint density at radius 3 is 2.00 bits per heavy atom. The Labute approximate surface area is 231 Å². The zero-order valence-corrected chi connectivity index (χ0v) is 22.3. The first-order chi connectivity index (χ1) is 18.6. The topological polar surface area (TPSA) is 116 Å². The summed E-state index contributed by atoms with van der Waals surface area (Å²) in [5.41, 5.74) is 1.47. The van der Waals surface area contributed by atoms with Gasteiger partial charge in [0, 0.05) is 34.7 Å². The standard InChI is InChI=1S/C30H28ClNO7/c1-19(29(36)23-10-6-11-24(31)18-23)38-27(34)13-7-12-26(33)32-25-16-14-22(15-17-25)30(37)39-20(2)28(35)21-8-4-3-5-9-21/h3-6,8-11,14-20H,7,12-13H2,1-2H3,(H,32,33)/t19-,20+/m1/s1. The molecule has 8 nitrogen and oxygen atoms in total. The number of Topliss-reactive ketones (excluding diaryl/α,β-unsaturated/α-hetero) is 2. The number of hydrogen-bond donors (Lipinski definition) is 1. The third kappa shape index (κ3) is 8.90. The van der Waals surface area contributed by atoms with Gasteiger partial charge < -0.3 is 14.8 Å². The number of hydrogen-bond acceptors (Lipinski definition) is 7. The molecule has 0 aliphatic heterocycles. The van der Waals surface area contributed by atoms with Gasteiger partial charge >= 0.3 is 11.9 Å². The molecule has 3 aromatic carbocycles. The van der Waals surface area contributed by atoms with E-state index in [4.69, 9.17) is 21.1 Å². The van der Waals surface area contributed by atoms with Crippen molar-refractivity contribution in [2.24, 2.45) is 0 Å². The number of rotatable bonds is 12. The summed E-state index contributed by atoms with van der Waals surface area (Å²) >= 11 is 5.90. The molecule has 0 saturated heterocycles. The van der Waals surface area contributed by atoms with Gasteiger partial charge in [0.2, 0.25) is 17.5 Å². The van der Waals surface area contributed by atoms with Gasteiger partial charge in [0.05, 0.1) is 5.56 Å². The Morgan fingerprint density at radius 2 is 1.33 bits per heavy atom. The van der Waals surface area contributed by atoms with E-state index >= 15 is 0 Å². The predicted molar refractivity (Wildman–Crippen MR) is 146 cm³/mol. The molecule has 0 unspecified atom stereocenters. The molecule has 0 aliphatic rings. The molecule has 9 heteroatoms. The van der Waals surface area contributed by atoms with Crippen LogP contribution in [0.25, 0.3) is 0 Å². The number of ketones is 2. The quantitative estimate of drug-likeness (QED) is 0.228. The van der Waals surface area contributed by atoms with Gasteiger partial charge in [-0.1, -0.05) is 54.1 Å². The molecule has 0 fully saturated rings. The third-order valence-corrected chi connectivity index (χ3v) is 5.92. The van der Waals surface area contributed by atoms with Crippen LogP contribution in [-0.2, 0) is 19.1 Å². The number of nitrogens with one attached hydrogen (secondary N) is 1. The smallest absolute Gasteiger partial charge is 0.338 e. The monoisotopic (exact) mass is 549 g/mol. The van der Waals surface area contributed by atoms with Crippen molar-refractivity contribution in [2.45, 2.75) is 45.3 Å². The summed E-state index contributed by atoms with van der Waals surface area (Å²) in [6.07, 6.45) is -1.70. The van der Waals surface area contributed by atoms with E-state index in [0.29, 0.717) is 21.8 Å². The minimum atomic E-state index is -0.977. The van der Waals surface area contributed by atoms with E-state index < -0.39 is 24.1 Å². The number of halogens is 1. The molecule has 3 aromatic rings. The van der Waals surface area contributed by atoms with Crippen molar-refractivity contribution in [2.75, 3.05) is 5.32 Å². The number of anilines is 1. The number of amides is 1. The summed E-state index contributed by atoms with van der Waals surface area (Å²) < 4.78 is 10.5. The minimum absolute atomic E-state index is 0.0365. The van der Waals surface area contributed by atoms with Crippen LogP contribution in [0.1, 0.15) is 64.2 Å². The van der Waals surface area contributed by atoms with Crippen molar-refractivity contribution in [3.63, 3.8) is 0 Å². The molecule has 202 valence electrons. The van der Waals surface area contributed by atoms with E-state index in [9.17, 15) is 24.0 Å². The van der Waals surface area contributed by atoms with Crippen LogP contribution in [0, 0.1) is 0 Å². The minimum Gasteiger partial charge on any atom is -0.454 e. The van der Waals surface area contributed by atoms with Gasteiger partial charge in [-0.15, -0.1) is 0 Å². The maximum atomic E-state index is 12.4. The first-order valence-electron chi connectivity index (χ1n) is 12.3. The maximum absolute atomic E-state index is 12.4. The molecule has 0 aliphatic carbocycles. The lowest BCUT2D eigenvalue weighted by atomic mass is 10.1. The highest BCUT2D eigenvalue weighted by molar-refractivity contribution is 6.31. The second-order valence-corrected chi connectivity index (χ2v) is 9.20. The Kier molecular flexibility index (Phi) is 10.5. The predicted octanol–water partition coefficient (Wildman–Crippen LogP) is 5.69. The normalized spacial score (nSPS) is 12.1. The van der Waals surface area contributed by atoms with E-state index in [-0.39, 0.29) is 42.3 Å². The van der Waals surface area contributed by atoms with E-state index in [1.165, 1.54) is 44.2 Å². The fourth-order valence-corrected chi connectivity index (χ4v) is 3.80. The fraction of sp³-hybridized carbons (Fsp3) is 0.233. The van der Waals surface area contributed by atoms with E-state index in [0.717, 1.165) is 0 Å². The summed E-state index contributed by atoms with van der Waals surface area (Å²) in [6.45, 7) is 2.99. The summed E-state index contributed by atoms with van der Waals surface area (Å²) in [7, 11) is 0. The fourth-order valence-electron chi connectivity index (χ4n) is 3.61. The Morgan fingerprint density at radius 1 is 0.718 bits per heavy atom. The van der Waals surface area contributed by atoms with E-state index in [1.807, 2.05) is 0 Å². The van der Waals surface area contributed by atoms with Crippen LogP contribution >= 0.6 is 11.6 Å². The number of ether oxygens (including phenoxy) is 2. The molecule has 1 amide bonds. The zero-order chi connectivity index (χ0) is 28.4. The second-order valence-electron chi connectivity index (χ2n) is 8.76. The Hall–Kier alpha value is -4.30. The highest BCUT2D eigenvalue weighted by Gasteiger charge is 2.21. The average Bonchev–Trinajstić information content (AvgIpc) is 2.92. The second kappa shape index (κ2) is 14.0. The van der Waals surface area contributed by atoms with Gasteiger partial charge in [-0.2, -0.15) is 0 Å². The third-order valence-electron chi connectivity index (χ3n) is 5.69. The van der Waals surface area contributed by atoms with Crippen molar-refractivity contribution in [1.82, 2.24) is 0 Å². The van der Waals surface area contributed by atoms with Crippen LogP contribution in [-0.4, -0.2) is 41.6 Å². The van der Waals surface area contributed by atoms with Crippen LogP contribution in [0.5, 0.6) is 0 Å². The van der Waals surface area contributed by atoms with Gasteiger partial charge in [-0.25, -0.2) is 4.79 Å². The van der Waals surface area contributed by atoms with Gasteiger partial charge in [0.25, 0.3) is 0 Å². The molecular weight excluding hydrogens is 522 g/mol. The Bertz CT molecular complexity index is 1340. The first kappa shape index (κ1) is 29.3. The van der Waals surface area contributed by atoms with Gasteiger partial charge in [0.1, 0.15) is 0 Å². The van der Waals surface area contributed by atoms with Crippen molar-refractivity contribution in [1.29, 1.82) is 0 Å². The highest BCUT2D eigenvalue weighted by Crippen LogP contribution is 2.16. The lowest BCUT2D eigenvalue weighted by molar-refractivity contribution is -0.146. The average molecular weight is 550 g/mol. The summed E-state index contributed by atoms with van der Waals surface area (Å²) in [6, 6.07) is 20.9. The lowest BCUT2D eigenvalue weighted by Gasteiger charge is -2.13. The summed E-state index contributed by atoms with van der Waals surface area (Å²) in [4.78, 5) is 61.5. The van der Waals surface area contributed by atoms with Gasteiger partial charge in [-0.05, 0) is 56.7 Å². The molecule has 1 N–H and O–H groups in total. The lowest BCUT2D eigenvalue weighted by Crippen LogP contribution is -2.24. The molecule has 0 saturated carbocycles. The molecule has 39 heavy (non-hydrogen) atoms. The van der Waals surface area contributed by atoms with Gasteiger partial charge in [0.15, 0.2) is 12.2 Å². The largest absolute Gasteiger partial charge is 0.454 e.